The van der Waals surface area contributed by atoms with Crippen LogP contribution in [0.5, 0.6) is 5.88 Å². The SMILES string of the molecule is CCOc1ccc(CNC(=O)c2cn3c(=O)n(Cc4ccc(Br)cc4)c(=O)c(C)c3s2)cn1. The summed E-state index contributed by atoms with van der Waals surface area (Å²) in [5.74, 6) is 0.195. The number of aryl methyl sites for hydroxylation is 1. The average Bonchev–Trinajstić information content (AvgIpc) is 3.27. The summed E-state index contributed by atoms with van der Waals surface area (Å²) >= 11 is 4.49. The number of hydrogen-bond donors (Lipinski definition) is 1. The lowest BCUT2D eigenvalue weighted by atomic mass is 10.2. The first kappa shape index (κ1) is 22.9. The number of amides is 1. The van der Waals surface area contributed by atoms with Gasteiger partial charge in [0.15, 0.2) is 0 Å². The summed E-state index contributed by atoms with van der Waals surface area (Å²) in [5, 5.41) is 2.83. The minimum Gasteiger partial charge on any atom is -0.478 e. The predicted molar refractivity (Wildman–Crippen MR) is 130 cm³/mol. The number of hydrogen-bond acceptors (Lipinski definition) is 6. The first-order valence-corrected chi connectivity index (χ1v) is 11.8. The van der Waals surface area contributed by atoms with Crippen molar-refractivity contribution < 1.29 is 9.53 Å². The molecule has 0 radical (unpaired) electrons. The molecule has 0 saturated heterocycles. The van der Waals surface area contributed by atoms with Crippen molar-refractivity contribution in [3.63, 3.8) is 0 Å². The summed E-state index contributed by atoms with van der Waals surface area (Å²) in [6.45, 7) is 4.50. The van der Waals surface area contributed by atoms with Crippen molar-refractivity contribution in [2.75, 3.05) is 6.61 Å². The molecule has 0 bridgehead atoms. The molecule has 0 saturated carbocycles. The molecule has 10 heteroatoms. The van der Waals surface area contributed by atoms with Gasteiger partial charge in [-0.1, -0.05) is 34.1 Å². The second kappa shape index (κ2) is 9.72. The Morgan fingerprint density at radius 3 is 2.55 bits per heavy atom. The van der Waals surface area contributed by atoms with E-state index in [1.54, 1.807) is 19.2 Å². The molecule has 1 aromatic carbocycles. The fourth-order valence-corrected chi connectivity index (χ4v) is 4.57. The van der Waals surface area contributed by atoms with E-state index >= 15 is 0 Å². The van der Waals surface area contributed by atoms with Crippen LogP contribution in [0.2, 0.25) is 0 Å². The van der Waals surface area contributed by atoms with Gasteiger partial charge in [-0.05, 0) is 37.1 Å². The zero-order valence-electron chi connectivity index (χ0n) is 18.0. The van der Waals surface area contributed by atoms with Crippen LogP contribution < -0.4 is 21.3 Å². The Morgan fingerprint density at radius 2 is 1.88 bits per heavy atom. The maximum absolute atomic E-state index is 13.0. The number of aromatic nitrogens is 3. The van der Waals surface area contributed by atoms with Crippen molar-refractivity contribution in [2.45, 2.75) is 26.9 Å². The lowest BCUT2D eigenvalue weighted by Crippen LogP contribution is -2.38. The van der Waals surface area contributed by atoms with Crippen molar-refractivity contribution in [3.05, 3.63) is 95.7 Å². The molecule has 0 aliphatic carbocycles. The molecule has 170 valence electrons. The minimum atomic E-state index is -0.477. The largest absolute Gasteiger partial charge is 0.478 e. The molecule has 1 N–H and O–H groups in total. The Bertz CT molecular complexity index is 1420. The van der Waals surface area contributed by atoms with E-state index in [1.165, 1.54) is 15.2 Å². The number of carbonyl (C=O) groups excluding carboxylic acids is 1. The number of nitrogens with zero attached hydrogens (tertiary/aromatic N) is 3. The van der Waals surface area contributed by atoms with Gasteiger partial charge in [-0.25, -0.2) is 9.78 Å². The molecule has 0 atom stereocenters. The summed E-state index contributed by atoms with van der Waals surface area (Å²) in [7, 11) is 0. The molecular weight excluding hydrogens is 508 g/mol. The Morgan fingerprint density at radius 1 is 1.15 bits per heavy atom. The fraction of sp³-hybridized carbons (Fsp3) is 0.217. The van der Waals surface area contributed by atoms with Crippen LogP contribution in [0.4, 0.5) is 0 Å². The molecule has 33 heavy (non-hydrogen) atoms. The molecule has 0 spiro atoms. The summed E-state index contributed by atoms with van der Waals surface area (Å²) in [6.07, 6.45) is 3.12. The van der Waals surface area contributed by atoms with Crippen LogP contribution in [-0.2, 0) is 13.1 Å². The maximum Gasteiger partial charge on any atom is 0.336 e. The Labute approximate surface area is 201 Å². The van der Waals surface area contributed by atoms with E-state index in [1.807, 2.05) is 37.3 Å². The van der Waals surface area contributed by atoms with Gasteiger partial charge in [-0.3, -0.25) is 18.6 Å². The number of halogens is 1. The molecular formula is C23H21BrN4O4S. The van der Waals surface area contributed by atoms with Gasteiger partial charge >= 0.3 is 5.69 Å². The normalized spacial score (nSPS) is 11.0. The van der Waals surface area contributed by atoms with Crippen molar-refractivity contribution in [2.24, 2.45) is 0 Å². The smallest absolute Gasteiger partial charge is 0.336 e. The highest BCUT2D eigenvalue weighted by atomic mass is 79.9. The third kappa shape index (κ3) is 4.91. The molecule has 3 aromatic heterocycles. The summed E-state index contributed by atoms with van der Waals surface area (Å²) < 4.78 is 8.78. The van der Waals surface area contributed by atoms with Crippen molar-refractivity contribution in [3.8, 4) is 5.88 Å². The molecule has 0 aliphatic heterocycles. The number of carbonyl (C=O) groups is 1. The highest BCUT2D eigenvalue weighted by molar-refractivity contribution is 9.10. The summed E-state index contributed by atoms with van der Waals surface area (Å²) in [4.78, 5) is 43.6. The van der Waals surface area contributed by atoms with E-state index in [-0.39, 0.29) is 24.6 Å². The van der Waals surface area contributed by atoms with E-state index in [9.17, 15) is 14.4 Å². The summed E-state index contributed by atoms with van der Waals surface area (Å²) in [5.41, 5.74) is 1.22. The van der Waals surface area contributed by atoms with Crippen LogP contribution in [0.3, 0.4) is 0 Å². The quantitative estimate of drug-likeness (QED) is 0.396. The van der Waals surface area contributed by atoms with Crippen LogP contribution in [-0.4, -0.2) is 26.5 Å². The second-order valence-electron chi connectivity index (χ2n) is 7.32. The van der Waals surface area contributed by atoms with Gasteiger partial charge in [0.05, 0.1) is 13.2 Å². The van der Waals surface area contributed by atoms with Gasteiger partial charge in [0.1, 0.15) is 9.71 Å². The number of pyridine rings is 1. The molecule has 0 fully saturated rings. The average molecular weight is 529 g/mol. The minimum absolute atomic E-state index is 0.150. The second-order valence-corrected chi connectivity index (χ2v) is 9.26. The molecule has 4 rings (SSSR count). The van der Waals surface area contributed by atoms with Gasteiger partial charge < -0.3 is 10.1 Å². The standard InChI is InChI=1S/C23H21BrN4O4S/c1-3-32-19-9-6-16(10-25-19)11-26-20(29)18-13-28-22(33-18)14(2)21(30)27(23(28)31)12-15-4-7-17(24)8-5-15/h4-10,13H,3,11-12H2,1-2H3,(H,26,29). The molecule has 0 unspecified atom stereocenters. The number of rotatable bonds is 7. The molecule has 1 amide bonds. The third-order valence-corrected chi connectivity index (χ3v) is 6.75. The van der Waals surface area contributed by atoms with Crippen molar-refractivity contribution in [1.29, 1.82) is 0 Å². The highest BCUT2D eigenvalue weighted by Crippen LogP contribution is 2.19. The van der Waals surface area contributed by atoms with E-state index in [0.29, 0.717) is 27.8 Å². The first-order valence-electron chi connectivity index (χ1n) is 10.2. The molecule has 4 aromatic rings. The van der Waals surface area contributed by atoms with E-state index in [4.69, 9.17) is 4.74 Å². The van der Waals surface area contributed by atoms with E-state index < -0.39 is 5.69 Å². The Kier molecular flexibility index (Phi) is 6.75. The molecule has 3 heterocycles. The van der Waals surface area contributed by atoms with Gasteiger partial charge in [-0.2, -0.15) is 0 Å². The number of nitrogens with one attached hydrogen (secondary N) is 1. The van der Waals surface area contributed by atoms with Crippen LogP contribution in [0.25, 0.3) is 4.83 Å². The van der Waals surface area contributed by atoms with Crippen LogP contribution >= 0.6 is 27.3 Å². The van der Waals surface area contributed by atoms with Gasteiger partial charge in [0, 0.05) is 35.0 Å². The van der Waals surface area contributed by atoms with Crippen LogP contribution in [0.15, 0.2) is 62.9 Å². The number of fused-ring (bicyclic) bond motifs is 1. The number of ether oxygens (including phenoxy) is 1. The lowest BCUT2D eigenvalue weighted by Gasteiger charge is -2.07. The topological polar surface area (TPSA) is 94.7 Å². The monoisotopic (exact) mass is 528 g/mol. The van der Waals surface area contributed by atoms with Crippen LogP contribution in [0.1, 0.15) is 33.3 Å². The Hall–Kier alpha value is -3.24. The summed E-state index contributed by atoms with van der Waals surface area (Å²) in [6, 6.07) is 11.0. The van der Waals surface area contributed by atoms with Crippen LogP contribution in [0, 0.1) is 6.92 Å². The Balaban J connectivity index is 1.58. The van der Waals surface area contributed by atoms with Crippen molar-refractivity contribution >= 4 is 38.0 Å². The van der Waals surface area contributed by atoms with E-state index in [0.717, 1.165) is 26.9 Å². The fourth-order valence-electron chi connectivity index (χ4n) is 3.30. The number of benzene rings is 1. The molecule has 8 nitrogen and oxygen atoms in total. The zero-order valence-corrected chi connectivity index (χ0v) is 20.4. The number of thiazole rings is 1. The lowest BCUT2D eigenvalue weighted by molar-refractivity contribution is 0.0954. The van der Waals surface area contributed by atoms with Gasteiger partial charge in [0.25, 0.3) is 11.5 Å². The predicted octanol–water partition coefficient (Wildman–Crippen LogP) is 3.37. The molecule has 0 aliphatic rings. The van der Waals surface area contributed by atoms with Crippen molar-refractivity contribution in [1.82, 2.24) is 19.3 Å². The van der Waals surface area contributed by atoms with Gasteiger partial charge in [0.2, 0.25) is 5.88 Å². The highest BCUT2D eigenvalue weighted by Gasteiger charge is 2.17. The zero-order chi connectivity index (χ0) is 23.5. The first-order chi connectivity index (χ1) is 15.9. The van der Waals surface area contributed by atoms with Gasteiger partial charge in [-0.15, -0.1) is 11.3 Å². The third-order valence-electron chi connectivity index (χ3n) is 5.02. The van der Waals surface area contributed by atoms with E-state index in [2.05, 4.69) is 26.2 Å². The maximum atomic E-state index is 13.0.